The summed E-state index contributed by atoms with van der Waals surface area (Å²) in [6, 6.07) is 13.6. The Morgan fingerprint density at radius 3 is 2.14 bits per heavy atom. The third-order valence-electron chi connectivity index (χ3n) is 6.55. The van der Waals surface area contributed by atoms with Crippen molar-refractivity contribution in [2.24, 2.45) is 5.41 Å². The predicted octanol–water partition coefficient (Wildman–Crippen LogP) is 4.88. The van der Waals surface area contributed by atoms with E-state index >= 15 is 4.39 Å². The van der Waals surface area contributed by atoms with E-state index in [4.69, 9.17) is 19.3 Å². The van der Waals surface area contributed by atoms with Crippen molar-refractivity contribution in [2.45, 2.75) is 19.8 Å². The number of benzene rings is 3. The number of rotatable bonds is 11. The van der Waals surface area contributed by atoms with E-state index in [1.54, 1.807) is 13.0 Å². The second-order valence-electron chi connectivity index (χ2n) is 9.49. The molecule has 10 nitrogen and oxygen atoms in total. The van der Waals surface area contributed by atoms with Crippen molar-refractivity contribution in [1.82, 2.24) is 4.98 Å². The quantitative estimate of drug-likeness (QED) is 0.160. The van der Waals surface area contributed by atoms with E-state index in [0.717, 1.165) is 6.07 Å². The molecule has 5 rings (SSSR count). The zero-order valence-electron chi connectivity index (χ0n) is 22.3. The number of nitrogens with zero attached hydrogens (tertiary/aromatic N) is 1. The van der Waals surface area contributed by atoms with Gasteiger partial charge in [0.05, 0.1) is 12.1 Å². The summed E-state index contributed by atoms with van der Waals surface area (Å²) in [5.41, 5.74) is -0.422. The third kappa shape index (κ3) is 7.48. The van der Waals surface area contributed by atoms with Crippen molar-refractivity contribution in [2.75, 3.05) is 23.8 Å². The van der Waals surface area contributed by atoms with Gasteiger partial charge in [0.15, 0.2) is 29.7 Å². The fourth-order valence-electron chi connectivity index (χ4n) is 4.23. The molecule has 0 unspecified atom stereocenters. The number of anilines is 2. The van der Waals surface area contributed by atoms with Crippen LogP contribution in [0.1, 0.15) is 19.8 Å². The summed E-state index contributed by atoms with van der Waals surface area (Å²) in [6.45, 7) is 1.46. The van der Waals surface area contributed by atoms with Crippen LogP contribution >= 0.6 is 0 Å². The Morgan fingerprint density at radius 2 is 1.51 bits per heavy atom. The van der Waals surface area contributed by atoms with Crippen LogP contribution in [0.3, 0.4) is 0 Å². The monoisotopic (exact) mass is 617 g/mol. The molecule has 218 valence electrons. The summed E-state index contributed by atoms with van der Waals surface area (Å²) in [4.78, 5) is 41.0. The molecule has 0 atom stereocenters. The molecule has 4 aromatic rings. The van der Waals surface area contributed by atoms with Crippen LogP contribution < -0.4 is 24.8 Å². The van der Waals surface area contributed by atoms with Crippen LogP contribution in [-0.4, -0.2) is 92.5 Å². The number of aromatic nitrogens is 1. The van der Waals surface area contributed by atoms with Crippen molar-refractivity contribution in [1.29, 1.82) is 0 Å². The van der Waals surface area contributed by atoms with E-state index < -0.39 is 41.4 Å². The van der Waals surface area contributed by atoms with Crippen LogP contribution in [0.4, 0.5) is 20.2 Å². The van der Waals surface area contributed by atoms with Crippen molar-refractivity contribution in [3.8, 4) is 23.0 Å². The van der Waals surface area contributed by atoms with E-state index in [-0.39, 0.29) is 86.7 Å². The summed E-state index contributed by atoms with van der Waals surface area (Å²) in [5.74, 6) is -2.94. The zero-order chi connectivity index (χ0) is 29.9. The normalized spacial score (nSPS) is 12.9. The summed E-state index contributed by atoms with van der Waals surface area (Å²) in [6.07, 6.45) is 2.08. The van der Waals surface area contributed by atoms with Crippen LogP contribution in [0.15, 0.2) is 66.9 Å². The topological polar surface area (TPSA) is 136 Å². The van der Waals surface area contributed by atoms with Gasteiger partial charge in [0.2, 0.25) is 11.8 Å². The Labute approximate surface area is 287 Å². The van der Waals surface area contributed by atoms with Crippen molar-refractivity contribution in [3.05, 3.63) is 78.5 Å². The Hall–Kier alpha value is -3.62. The molecule has 1 aliphatic rings. The van der Waals surface area contributed by atoms with E-state index in [0.29, 0.717) is 29.4 Å². The number of ether oxygens (including phenoxy) is 3. The Kier molecular flexibility index (Phi) is 10.3. The SMILES string of the molecule is CCOc1cc2c(Oc3ccc(NC(=O)C4(C(=O)Nc5ccc(F)cc5)CC4)cc3F)ccnc2cc1OCC(=O)O.[KH]. The van der Waals surface area contributed by atoms with Gasteiger partial charge in [-0.3, -0.25) is 14.6 Å². The number of carboxylic acids is 1. The van der Waals surface area contributed by atoms with Crippen LogP contribution in [0.25, 0.3) is 10.9 Å². The number of fused-ring (bicyclic) bond motifs is 1. The first-order valence-corrected chi connectivity index (χ1v) is 12.9. The first-order valence-electron chi connectivity index (χ1n) is 12.9. The van der Waals surface area contributed by atoms with Gasteiger partial charge >= 0.3 is 57.4 Å². The van der Waals surface area contributed by atoms with Crippen molar-refractivity contribution >= 4 is 91.4 Å². The van der Waals surface area contributed by atoms with Crippen molar-refractivity contribution < 1.29 is 42.5 Å². The van der Waals surface area contributed by atoms with Gasteiger partial charge in [0.25, 0.3) is 0 Å². The molecular formula is C30H26F2KN3O7. The van der Waals surface area contributed by atoms with Crippen LogP contribution in [0.5, 0.6) is 23.0 Å². The van der Waals surface area contributed by atoms with Crippen LogP contribution in [0.2, 0.25) is 0 Å². The standard InChI is InChI=1S/C30H25F2N3O7.K.H/c1-2-40-25-14-20-22(15-26(25)41-16-27(36)37)33-12-9-23(20)42-24-8-7-19(13-21(24)32)35-29(39)30(10-11-30)28(38)34-18-5-3-17(31)4-6-18;;/h3-9,12-15H,2,10-11,16H2,1H3,(H,34,38)(H,35,39)(H,36,37);;. The number of hydrogen-bond donors (Lipinski definition) is 3. The molecule has 1 saturated carbocycles. The maximum absolute atomic E-state index is 15.1. The first-order chi connectivity index (χ1) is 20.2. The molecule has 43 heavy (non-hydrogen) atoms. The van der Waals surface area contributed by atoms with Gasteiger partial charge in [-0.05, 0) is 68.3 Å². The van der Waals surface area contributed by atoms with Gasteiger partial charge in [0, 0.05) is 35.1 Å². The third-order valence-corrected chi connectivity index (χ3v) is 6.55. The van der Waals surface area contributed by atoms with Gasteiger partial charge < -0.3 is 30.0 Å². The zero-order valence-corrected chi connectivity index (χ0v) is 22.3. The summed E-state index contributed by atoms with van der Waals surface area (Å²) >= 11 is 0. The molecule has 1 heterocycles. The van der Waals surface area contributed by atoms with Gasteiger partial charge in [0.1, 0.15) is 17.0 Å². The molecule has 0 bridgehead atoms. The minimum absolute atomic E-state index is 0. The molecular weight excluding hydrogens is 591 g/mol. The number of aliphatic carboxylic acids is 1. The van der Waals surface area contributed by atoms with E-state index in [1.807, 2.05) is 0 Å². The van der Waals surface area contributed by atoms with Gasteiger partial charge in [-0.25, -0.2) is 13.6 Å². The maximum atomic E-state index is 15.1. The van der Waals surface area contributed by atoms with E-state index in [2.05, 4.69) is 15.6 Å². The number of hydrogen-bond acceptors (Lipinski definition) is 7. The van der Waals surface area contributed by atoms with Gasteiger partial charge in [-0.2, -0.15) is 0 Å². The number of carboxylic acid groups (broad SMARTS) is 1. The van der Waals surface area contributed by atoms with Crippen LogP contribution in [0, 0.1) is 17.0 Å². The Balaban J connectivity index is 0.00000423. The summed E-state index contributed by atoms with van der Waals surface area (Å²) in [5, 5.41) is 14.6. The summed E-state index contributed by atoms with van der Waals surface area (Å²) < 4.78 is 45.0. The number of carbonyl (C=O) groups excluding carboxylic acids is 2. The number of carbonyl (C=O) groups is 3. The second-order valence-corrected chi connectivity index (χ2v) is 9.49. The molecule has 1 aliphatic carbocycles. The average Bonchev–Trinajstić information content (AvgIpc) is 3.77. The number of pyridine rings is 1. The summed E-state index contributed by atoms with van der Waals surface area (Å²) in [7, 11) is 0. The van der Waals surface area contributed by atoms with Crippen LogP contribution in [-0.2, 0) is 14.4 Å². The van der Waals surface area contributed by atoms with Gasteiger partial charge in [-0.15, -0.1) is 0 Å². The molecule has 3 aromatic carbocycles. The van der Waals surface area contributed by atoms with Crippen molar-refractivity contribution in [3.63, 3.8) is 0 Å². The number of halogens is 2. The molecule has 2 amide bonds. The molecule has 0 spiro atoms. The fourth-order valence-corrected chi connectivity index (χ4v) is 4.23. The molecule has 0 saturated heterocycles. The number of nitrogens with one attached hydrogen (secondary N) is 2. The first kappa shape index (κ1) is 32.3. The molecule has 13 heteroatoms. The van der Waals surface area contributed by atoms with E-state index in [9.17, 15) is 18.8 Å². The molecule has 0 radical (unpaired) electrons. The second kappa shape index (κ2) is 13.8. The molecule has 1 aromatic heterocycles. The average molecular weight is 618 g/mol. The molecule has 0 aliphatic heterocycles. The Morgan fingerprint density at radius 1 is 0.860 bits per heavy atom. The fraction of sp³-hybridized carbons (Fsp3) is 0.200. The van der Waals surface area contributed by atoms with Gasteiger partial charge in [-0.1, -0.05) is 0 Å². The Bertz CT molecular complexity index is 1680. The molecule has 1 fully saturated rings. The van der Waals surface area contributed by atoms with E-state index in [1.165, 1.54) is 54.7 Å². The number of amides is 2. The minimum atomic E-state index is -1.30. The molecule has 3 N–H and O–H groups in total. The predicted molar refractivity (Wildman–Crippen MR) is 155 cm³/mol.